The monoisotopic (exact) mass is 510 g/mol. The van der Waals surface area contributed by atoms with Crippen LogP contribution in [0.2, 0.25) is 0 Å². The van der Waals surface area contributed by atoms with Gasteiger partial charge in [0.2, 0.25) is 0 Å². The van der Waals surface area contributed by atoms with Crippen LogP contribution < -0.4 is 20.1 Å². The van der Waals surface area contributed by atoms with Crippen molar-refractivity contribution < 1.29 is 24.2 Å². The summed E-state index contributed by atoms with van der Waals surface area (Å²) in [6.45, 7) is 0.230. The Morgan fingerprint density at radius 3 is 1.92 bits per heavy atom. The maximum Gasteiger partial charge on any atom is 0.404 e. The third kappa shape index (κ3) is 7.25. The molecule has 0 saturated heterocycles. The minimum absolute atomic E-state index is 0.0690. The SMILES string of the molecule is N#Cc1ccc(COc2cc(Oc3ccc(C#N)cc3)cc(C(=O)NC3CCC(NC(=O)O)CC3)c2)cc1. The standard InChI is InChI=1S/C29H26N4O5/c30-16-19-1-3-21(4-2-19)18-37-26-13-22(14-27(15-26)38-25-11-5-20(17-31)6-12-25)28(34)32-23-7-9-24(10-8-23)33-29(35)36/h1-6,11-15,23-24,33H,7-10,18H2,(H,32,34)(H,35,36). The molecule has 3 aromatic carbocycles. The molecule has 9 nitrogen and oxygen atoms in total. The van der Waals surface area contributed by atoms with Gasteiger partial charge in [-0.3, -0.25) is 4.79 Å². The molecule has 0 aromatic heterocycles. The van der Waals surface area contributed by atoms with Crippen molar-refractivity contribution in [2.24, 2.45) is 0 Å². The highest BCUT2D eigenvalue weighted by Crippen LogP contribution is 2.29. The summed E-state index contributed by atoms with van der Waals surface area (Å²) in [7, 11) is 0. The van der Waals surface area contributed by atoms with Crippen LogP contribution in [-0.4, -0.2) is 29.2 Å². The van der Waals surface area contributed by atoms with Gasteiger partial charge in [-0.05, 0) is 79.8 Å². The Kier molecular flexibility index (Phi) is 8.42. The number of nitrogens with zero attached hydrogens (tertiary/aromatic N) is 2. The molecule has 0 aliphatic heterocycles. The first kappa shape index (κ1) is 26.1. The molecule has 3 N–H and O–H groups in total. The molecule has 38 heavy (non-hydrogen) atoms. The van der Waals surface area contributed by atoms with Crippen LogP contribution in [0.15, 0.2) is 66.7 Å². The fourth-order valence-electron chi connectivity index (χ4n) is 4.25. The van der Waals surface area contributed by atoms with Crippen LogP contribution in [-0.2, 0) is 6.61 Å². The van der Waals surface area contributed by atoms with Gasteiger partial charge in [0.25, 0.3) is 5.91 Å². The van der Waals surface area contributed by atoms with Crippen LogP contribution in [0.5, 0.6) is 17.2 Å². The maximum atomic E-state index is 13.2. The van der Waals surface area contributed by atoms with Gasteiger partial charge < -0.3 is 25.2 Å². The predicted molar refractivity (Wildman–Crippen MR) is 138 cm³/mol. The van der Waals surface area contributed by atoms with E-state index < -0.39 is 6.09 Å². The third-order valence-corrected chi connectivity index (χ3v) is 6.24. The van der Waals surface area contributed by atoms with E-state index in [4.69, 9.17) is 25.1 Å². The van der Waals surface area contributed by atoms with Crippen molar-refractivity contribution in [1.29, 1.82) is 10.5 Å². The number of hydrogen-bond acceptors (Lipinski definition) is 6. The molecular weight excluding hydrogens is 484 g/mol. The second-order valence-electron chi connectivity index (χ2n) is 9.00. The van der Waals surface area contributed by atoms with Gasteiger partial charge in [-0.15, -0.1) is 0 Å². The first-order valence-corrected chi connectivity index (χ1v) is 12.2. The topological polar surface area (TPSA) is 144 Å². The number of carboxylic acid groups (broad SMARTS) is 1. The number of nitrogens with one attached hydrogen (secondary N) is 2. The number of nitriles is 2. The Bertz CT molecular complexity index is 1370. The Morgan fingerprint density at radius 2 is 1.34 bits per heavy atom. The number of rotatable bonds is 8. The molecule has 1 aliphatic rings. The smallest absolute Gasteiger partial charge is 0.404 e. The quantitative estimate of drug-likeness (QED) is 0.382. The van der Waals surface area contributed by atoms with E-state index in [2.05, 4.69) is 22.8 Å². The average Bonchev–Trinajstić information content (AvgIpc) is 2.93. The summed E-state index contributed by atoms with van der Waals surface area (Å²) in [4.78, 5) is 24.0. The Morgan fingerprint density at radius 1 is 0.789 bits per heavy atom. The van der Waals surface area contributed by atoms with Crippen molar-refractivity contribution in [3.8, 4) is 29.4 Å². The molecular formula is C29H26N4O5. The van der Waals surface area contributed by atoms with Crippen molar-refractivity contribution in [2.45, 2.75) is 44.4 Å². The lowest BCUT2D eigenvalue weighted by Crippen LogP contribution is -2.43. The van der Waals surface area contributed by atoms with E-state index in [1.807, 2.05) is 0 Å². The molecule has 4 rings (SSSR count). The first-order valence-electron chi connectivity index (χ1n) is 12.2. The molecule has 0 spiro atoms. The fraction of sp³-hybridized carbons (Fsp3) is 0.241. The molecule has 1 saturated carbocycles. The van der Waals surface area contributed by atoms with E-state index in [9.17, 15) is 9.59 Å². The van der Waals surface area contributed by atoms with Crippen molar-refractivity contribution in [3.05, 3.63) is 89.0 Å². The zero-order valence-corrected chi connectivity index (χ0v) is 20.5. The summed E-state index contributed by atoms with van der Waals surface area (Å²) < 4.78 is 11.9. The average molecular weight is 511 g/mol. The number of hydrogen-bond donors (Lipinski definition) is 3. The molecule has 0 bridgehead atoms. The minimum atomic E-state index is -1.04. The van der Waals surface area contributed by atoms with Gasteiger partial charge in [0.05, 0.1) is 23.3 Å². The number of carbonyl (C=O) groups excluding carboxylic acids is 1. The molecule has 0 unspecified atom stereocenters. The lowest BCUT2D eigenvalue weighted by atomic mass is 9.91. The van der Waals surface area contributed by atoms with Crippen molar-refractivity contribution >= 4 is 12.0 Å². The van der Waals surface area contributed by atoms with Gasteiger partial charge in [-0.25, -0.2) is 4.79 Å². The van der Waals surface area contributed by atoms with Gasteiger partial charge in [0.1, 0.15) is 23.9 Å². The summed E-state index contributed by atoms with van der Waals surface area (Å²) in [5.41, 5.74) is 2.28. The Hall–Kier alpha value is -5.02. The number of benzene rings is 3. The lowest BCUT2D eigenvalue weighted by Gasteiger charge is -2.29. The van der Waals surface area contributed by atoms with Gasteiger partial charge in [0, 0.05) is 23.7 Å². The predicted octanol–water partition coefficient (Wildman–Crippen LogP) is 5.11. The molecule has 3 aromatic rings. The lowest BCUT2D eigenvalue weighted by molar-refractivity contribution is 0.0922. The fourth-order valence-corrected chi connectivity index (χ4v) is 4.25. The van der Waals surface area contributed by atoms with Crippen LogP contribution in [0.4, 0.5) is 4.79 Å². The van der Waals surface area contributed by atoms with Crippen LogP contribution >= 0.6 is 0 Å². The highest BCUT2D eigenvalue weighted by Gasteiger charge is 2.24. The number of amides is 2. The first-order chi connectivity index (χ1) is 18.4. The van der Waals surface area contributed by atoms with E-state index >= 15 is 0 Å². The minimum Gasteiger partial charge on any atom is -0.489 e. The van der Waals surface area contributed by atoms with Gasteiger partial charge in [-0.1, -0.05) is 12.1 Å². The van der Waals surface area contributed by atoms with Crippen molar-refractivity contribution in [3.63, 3.8) is 0 Å². The summed E-state index contributed by atoms with van der Waals surface area (Å²) in [5, 5.41) is 32.5. The summed E-state index contributed by atoms with van der Waals surface area (Å²) in [6, 6.07) is 22.6. The van der Waals surface area contributed by atoms with E-state index in [1.165, 1.54) is 0 Å². The highest BCUT2D eigenvalue weighted by atomic mass is 16.5. The van der Waals surface area contributed by atoms with Crippen LogP contribution in [0.1, 0.15) is 52.7 Å². The van der Waals surface area contributed by atoms with Gasteiger partial charge in [0.15, 0.2) is 0 Å². The van der Waals surface area contributed by atoms with E-state index in [1.54, 1.807) is 66.7 Å². The van der Waals surface area contributed by atoms with Gasteiger partial charge in [-0.2, -0.15) is 10.5 Å². The number of carbonyl (C=O) groups is 2. The van der Waals surface area contributed by atoms with E-state index in [0.717, 1.165) is 5.56 Å². The van der Waals surface area contributed by atoms with E-state index in [-0.39, 0.29) is 24.6 Å². The van der Waals surface area contributed by atoms with E-state index in [0.29, 0.717) is 59.6 Å². The highest BCUT2D eigenvalue weighted by molar-refractivity contribution is 5.95. The molecule has 1 aliphatic carbocycles. The van der Waals surface area contributed by atoms with Crippen molar-refractivity contribution in [2.75, 3.05) is 0 Å². The van der Waals surface area contributed by atoms with Gasteiger partial charge >= 0.3 is 6.09 Å². The number of ether oxygens (including phenoxy) is 2. The zero-order valence-electron chi connectivity index (χ0n) is 20.5. The van der Waals surface area contributed by atoms with Crippen molar-refractivity contribution in [1.82, 2.24) is 10.6 Å². The molecule has 2 amide bonds. The summed E-state index contributed by atoms with van der Waals surface area (Å²) in [6.07, 6.45) is 1.60. The Labute approximate surface area is 220 Å². The largest absolute Gasteiger partial charge is 0.489 e. The summed E-state index contributed by atoms with van der Waals surface area (Å²) in [5.74, 6) is 1.04. The summed E-state index contributed by atoms with van der Waals surface area (Å²) >= 11 is 0. The second-order valence-corrected chi connectivity index (χ2v) is 9.00. The molecule has 0 heterocycles. The third-order valence-electron chi connectivity index (χ3n) is 6.24. The normalized spacial score (nSPS) is 16.4. The Balaban J connectivity index is 1.49. The maximum absolute atomic E-state index is 13.2. The molecule has 192 valence electrons. The molecule has 1 fully saturated rings. The van der Waals surface area contributed by atoms with Crippen LogP contribution in [0.25, 0.3) is 0 Å². The zero-order chi connectivity index (χ0) is 26.9. The molecule has 0 atom stereocenters. The molecule has 9 heteroatoms. The second kappa shape index (κ2) is 12.3. The van der Waals surface area contributed by atoms with Crippen LogP contribution in [0, 0.1) is 22.7 Å². The molecule has 0 radical (unpaired) electrons. The van der Waals surface area contributed by atoms with Crippen LogP contribution in [0.3, 0.4) is 0 Å².